The van der Waals surface area contributed by atoms with E-state index >= 15 is 0 Å². The van der Waals surface area contributed by atoms with E-state index in [0.29, 0.717) is 7.05 Å². The fourth-order valence-corrected chi connectivity index (χ4v) is 2.55. The Morgan fingerprint density at radius 3 is 1.77 bits per heavy atom. The Morgan fingerprint density at radius 2 is 1.41 bits per heavy atom. The Morgan fingerprint density at radius 1 is 0.955 bits per heavy atom. The molecule has 0 fully saturated rings. The van der Waals surface area contributed by atoms with Crippen molar-refractivity contribution in [2.45, 2.75) is 16.7 Å². The summed E-state index contributed by atoms with van der Waals surface area (Å²) in [5.41, 5.74) is -2.31. The summed E-state index contributed by atoms with van der Waals surface area (Å²) >= 11 is 0. The molecule has 0 heterocycles. The van der Waals surface area contributed by atoms with Crippen LogP contribution in [0.2, 0.25) is 0 Å². The minimum Gasteiger partial charge on any atom is -0.285 e. The first kappa shape index (κ1) is 18.4. The van der Waals surface area contributed by atoms with E-state index in [1.807, 2.05) is 0 Å². The highest BCUT2D eigenvalue weighted by Crippen LogP contribution is 2.46. The standard InChI is InChI=1S/C11H8F7NO2S/c1-19-8(7-5-3-2-4-6-7)9(12,13)22(20,21)11(17,18)10(14,15)16/h2-6H,1H3/b19-8-. The minimum atomic E-state index is -7.28. The molecule has 0 saturated carbocycles. The van der Waals surface area contributed by atoms with Gasteiger partial charge in [0, 0.05) is 12.6 Å². The van der Waals surface area contributed by atoms with Crippen LogP contribution in [0.5, 0.6) is 0 Å². The van der Waals surface area contributed by atoms with Crippen LogP contribution < -0.4 is 0 Å². The van der Waals surface area contributed by atoms with Gasteiger partial charge in [-0.15, -0.1) is 0 Å². The normalized spacial score (nSPS) is 15.0. The van der Waals surface area contributed by atoms with E-state index in [9.17, 15) is 39.2 Å². The smallest absolute Gasteiger partial charge is 0.285 e. The Labute approximate surface area is 120 Å². The second kappa shape index (κ2) is 5.52. The summed E-state index contributed by atoms with van der Waals surface area (Å²) in [5, 5.41) is -12.2. The van der Waals surface area contributed by atoms with Crippen molar-refractivity contribution < 1.29 is 39.2 Å². The first-order valence-corrected chi connectivity index (χ1v) is 6.88. The van der Waals surface area contributed by atoms with Gasteiger partial charge in [-0.3, -0.25) is 4.99 Å². The molecule has 0 aromatic heterocycles. The van der Waals surface area contributed by atoms with Gasteiger partial charge in [0.15, 0.2) is 0 Å². The largest absolute Gasteiger partial charge is 0.469 e. The molecule has 0 radical (unpaired) electrons. The van der Waals surface area contributed by atoms with E-state index < -0.39 is 37.8 Å². The van der Waals surface area contributed by atoms with E-state index in [-0.39, 0.29) is 0 Å². The lowest BCUT2D eigenvalue weighted by Gasteiger charge is -2.26. The van der Waals surface area contributed by atoms with E-state index in [4.69, 9.17) is 0 Å². The molecule has 11 heteroatoms. The fraction of sp³-hybridized carbons (Fsp3) is 0.364. The number of aliphatic imine (C=N–C) groups is 1. The third-order valence-electron chi connectivity index (χ3n) is 2.55. The quantitative estimate of drug-likeness (QED) is 0.617. The molecular formula is C11H8F7NO2S. The maximum absolute atomic E-state index is 13.9. The fourth-order valence-electron chi connectivity index (χ4n) is 1.46. The molecule has 0 bridgehead atoms. The van der Waals surface area contributed by atoms with E-state index in [0.717, 1.165) is 24.3 Å². The zero-order chi connectivity index (χ0) is 17.4. The van der Waals surface area contributed by atoms with Gasteiger partial charge < -0.3 is 0 Å². The molecule has 0 unspecified atom stereocenters. The van der Waals surface area contributed by atoms with Crippen LogP contribution in [0.1, 0.15) is 5.56 Å². The number of nitrogens with zero attached hydrogens (tertiary/aromatic N) is 1. The molecule has 0 aliphatic heterocycles. The first-order chi connectivity index (χ1) is 9.80. The highest BCUT2D eigenvalue weighted by atomic mass is 32.2. The average molecular weight is 351 g/mol. The molecule has 0 N–H and O–H groups in total. The number of rotatable bonds is 4. The van der Waals surface area contributed by atoms with Gasteiger partial charge in [-0.2, -0.15) is 30.7 Å². The summed E-state index contributed by atoms with van der Waals surface area (Å²) in [4.78, 5) is 2.88. The molecule has 1 rings (SSSR count). The first-order valence-electron chi connectivity index (χ1n) is 5.40. The Bertz CT molecular complexity index is 665. The third-order valence-corrected chi connectivity index (χ3v) is 4.33. The van der Waals surface area contributed by atoms with Crippen molar-refractivity contribution >= 4 is 15.5 Å². The zero-order valence-corrected chi connectivity index (χ0v) is 11.5. The van der Waals surface area contributed by atoms with Crippen LogP contribution in [0.3, 0.4) is 0 Å². The molecule has 1 aromatic rings. The molecule has 0 aliphatic carbocycles. The van der Waals surface area contributed by atoms with E-state index in [1.54, 1.807) is 0 Å². The predicted octanol–water partition coefficient (Wildman–Crippen LogP) is 3.27. The van der Waals surface area contributed by atoms with Crippen molar-refractivity contribution in [2.24, 2.45) is 4.99 Å². The summed E-state index contributed by atoms with van der Waals surface area (Å²) < 4.78 is 112. The van der Waals surface area contributed by atoms with E-state index in [1.165, 1.54) is 6.07 Å². The van der Waals surface area contributed by atoms with Crippen molar-refractivity contribution in [3.8, 4) is 0 Å². The van der Waals surface area contributed by atoms with Gasteiger partial charge in [0.2, 0.25) is 0 Å². The van der Waals surface area contributed by atoms with Crippen LogP contribution in [-0.4, -0.2) is 37.9 Å². The second-order valence-electron chi connectivity index (χ2n) is 3.97. The molecule has 0 aliphatic rings. The Balaban J connectivity index is 3.52. The molecule has 1 aromatic carbocycles. The van der Waals surface area contributed by atoms with Gasteiger partial charge in [-0.1, -0.05) is 30.3 Å². The lowest BCUT2D eigenvalue weighted by Crippen LogP contribution is -2.54. The molecular weight excluding hydrogens is 343 g/mol. The Kier molecular flexibility index (Phi) is 4.62. The maximum atomic E-state index is 13.9. The maximum Gasteiger partial charge on any atom is 0.469 e. The van der Waals surface area contributed by atoms with Crippen LogP contribution >= 0.6 is 0 Å². The SMILES string of the molecule is C/N=C(/c1ccccc1)C(F)(F)S(=O)(=O)C(F)(F)C(F)(F)F. The van der Waals surface area contributed by atoms with Crippen molar-refractivity contribution in [3.05, 3.63) is 35.9 Å². The zero-order valence-electron chi connectivity index (χ0n) is 10.7. The average Bonchev–Trinajstić information content (AvgIpc) is 2.38. The molecule has 0 atom stereocenters. The molecule has 3 nitrogen and oxygen atoms in total. The molecule has 124 valence electrons. The number of alkyl halides is 7. The number of sulfone groups is 1. The van der Waals surface area contributed by atoms with Crippen molar-refractivity contribution in [1.82, 2.24) is 0 Å². The molecule has 0 saturated heterocycles. The van der Waals surface area contributed by atoms with Crippen molar-refractivity contribution in [1.29, 1.82) is 0 Å². The van der Waals surface area contributed by atoms with Gasteiger partial charge >= 0.3 is 16.7 Å². The van der Waals surface area contributed by atoms with Gasteiger partial charge in [0.1, 0.15) is 5.71 Å². The topological polar surface area (TPSA) is 46.5 Å². The van der Waals surface area contributed by atoms with Gasteiger partial charge in [-0.05, 0) is 0 Å². The monoisotopic (exact) mass is 351 g/mol. The van der Waals surface area contributed by atoms with E-state index in [2.05, 4.69) is 4.99 Å². The highest BCUT2D eigenvalue weighted by molar-refractivity contribution is 7.94. The second-order valence-corrected chi connectivity index (χ2v) is 6.01. The third kappa shape index (κ3) is 2.69. The van der Waals surface area contributed by atoms with Crippen LogP contribution in [0.15, 0.2) is 35.3 Å². The number of benzene rings is 1. The van der Waals surface area contributed by atoms with Gasteiger partial charge in [0.05, 0.1) is 0 Å². The van der Waals surface area contributed by atoms with Crippen LogP contribution in [0, 0.1) is 0 Å². The number of halogens is 7. The highest BCUT2D eigenvalue weighted by Gasteiger charge is 2.75. The molecule has 0 amide bonds. The number of hydrogen-bond acceptors (Lipinski definition) is 3. The summed E-state index contributed by atoms with van der Waals surface area (Å²) in [6.07, 6.45) is -6.69. The van der Waals surface area contributed by atoms with Crippen molar-refractivity contribution in [2.75, 3.05) is 7.05 Å². The summed E-state index contributed by atoms with van der Waals surface area (Å²) in [5.74, 6) is 0. The van der Waals surface area contributed by atoms with Crippen molar-refractivity contribution in [3.63, 3.8) is 0 Å². The Hall–Kier alpha value is -1.65. The summed E-state index contributed by atoms with van der Waals surface area (Å²) in [7, 11) is -6.63. The lowest BCUT2D eigenvalue weighted by molar-refractivity contribution is -0.242. The lowest BCUT2D eigenvalue weighted by atomic mass is 10.1. The predicted molar refractivity (Wildman–Crippen MR) is 63.8 cm³/mol. The summed E-state index contributed by atoms with van der Waals surface area (Å²) in [6, 6.07) is 5.46. The summed E-state index contributed by atoms with van der Waals surface area (Å²) in [6.45, 7) is 0. The minimum absolute atomic E-state index is 0.600. The van der Waals surface area contributed by atoms with Gasteiger partial charge in [0.25, 0.3) is 9.84 Å². The number of hydrogen-bond donors (Lipinski definition) is 0. The van der Waals surface area contributed by atoms with Crippen LogP contribution in [0.25, 0.3) is 0 Å². The molecule has 0 spiro atoms. The van der Waals surface area contributed by atoms with Crippen LogP contribution in [0.4, 0.5) is 30.7 Å². The van der Waals surface area contributed by atoms with Gasteiger partial charge in [-0.25, -0.2) is 8.42 Å². The van der Waals surface area contributed by atoms with Crippen LogP contribution in [-0.2, 0) is 9.84 Å². The molecule has 22 heavy (non-hydrogen) atoms.